The van der Waals surface area contributed by atoms with Crippen molar-refractivity contribution in [3.8, 4) is 0 Å². The van der Waals surface area contributed by atoms with Crippen molar-refractivity contribution in [1.82, 2.24) is 4.90 Å². The van der Waals surface area contributed by atoms with Crippen molar-refractivity contribution in [3.63, 3.8) is 0 Å². The third kappa shape index (κ3) is 1.00. The second kappa shape index (κ2) is 2.27. The predicted octanol–water partition coefficient (Wildman–Crippen LogP) is 0.870. The lowest BCUT2D eigenvalue weighted by molar-refractivity contribution is -0.125. The number of alkyl halides is 1. The molecule has 1 aliphatic rings. The van der Waals surface area contributed by atoms with E-state index in [2.05, 4.69) is 15.9 Å². The van der Waals surface area contributed by atoms with Crippen LogP contribution in [0.15, 0.2) is 0 Å². The van der Waals surface area contributed by atoms with Crippen LogP contribution in [0.25, 0.3) is 0 Å². The molecule has 8 heavy (non-hydrogen) atoms. The minimum atomic E-state index is 0.204. The highest BCUT2D eigenvalue weighted by Crippen LogP contribution is 2.27. The minimum Gasteiger partial charge on any atom is -0.323 e. The number of nitrogens with zero attached hydrogens (tertiary/aromatic N) is 1. The third-order valence-electron chi connectivity index (χ3n) is 1.04. The van der Waals surface area contributed by atoms with Gasteiger partial charge in [0.1, 0.15) is 4.28 Å². The molecule has 46 valence electrons. The molecule has 1 fully saturated rings. The van der Waals surface area contributed by atoms with Crippen LogP contribution in [0.2, 0.25) is 0 Å². The largest absolute Gasteiger partial charge is 0.323 e. The van der Waals surface area contributed by atoms with Crippen LogP contribution in [0.1, 0.15) is 0 Å². The molecule has 1 heterocycles. The molecule has 1 aliphatic heterocycles. The van der Waals surface area contributed by atoms with E-state index in [1.807, 2.05) is 0 Å². The fourth-order valence-electron chi connectivity index (χ4n) is 0.467. The lowest BCUT2D eigenvalue weighted by Gasteiger charge is -2.10. The van der Waals surface area contributed by atoms with E-state index in [-0.39, 0.29) is 10.2 Å². The van der Waals surface area contributed by atoms with Crippen molar-refractivity contribution in [1.29, 1.82) is 0 Å². The van der Waals surface area contributed by atoms with Gasteiger partial charge in [-0.05, 0) is 0 Å². The van der Waals surface area contributed by atoms with E-state index < -0.39 is 0 Å². The van der Waals surface area contributed by atoms with Gasteiger partial charge in [0.25, 0.3) is 0 Å². The van der Waals surface area contributed by atoms with Crippen molar-refractivity contribution in [2.75, 3.05) is 12.8 Å². The minimum absolute atomic E-state index is 0.204. The van der Waals surface area contributed by atoms with Gasteiger partial charge >= 0.3 is 0 Å². The number of hydrogen-bond acceptors (Lipinski definition) is 2. The highest BCUT2D eigenvalue weighted by atomic mass is 79.9. The Morgan fingerprint density at radius 3 is 2.75 bits per heavy atom. The van der Waals surface area contributed by atoms with E-state index in [4.69, 9.17) is 0 Å². The van der Waals surface area contributed by atoms with Crippen LogP contribution in [-0.4, -0.2) is 27.9 Å². The van der Waals surface area contributed by atoms with Gasteiger partial charge in [0.05, 0.1) is 5.75 Å². The first kappa shape index (κ1) is 6.42. The summed E-state index contributed by atoms with van der Waals surface area (Å²) < 4.78 is 0.204. The SMILES string of the molecule is CN1C(=O)CSC1Br. The van der Waals surface area contributed by atoms with Crippen LogP contribution in [0, 0.1) is 0 Å². The molecule has 0 aromatic rings. The second-order valence-electron chi connectivity index (χ2n) is 1.61. The van der Waals surface area contributed by atoms with Gasteiger partial charge in [0.2, 0.25) is 5.91 Å². The zero-order valence-electron chi connectivity index (χ0n) is 4.43. The number of hydrogen-bond donors (Lipinski definition) is 0. The van der Waals surface area contributed by atoms with Gasteiger partial charge in [-0.15, -0.1) is 11.8 Å². The summed E-state index contributed by atoms with van der Waals surface area (Å²) in [6.45, 7) is 0. The summed E-state index contributed by atoms with van der Waals surface area (Å²) in [5.41, 5.74) is 0. The van der Waals surface area contributed by atoms with E-state index in [1.54, 1.807) is 23.7 Å². The van der Waals surface area contributed by atoms with E-state index >= 15 is 0 Å². The molecular formula is C4H6BrNOS. The molecule has 1 rings (SSSR count). The number of amides is 1. The lowest BCUT2D eigenvalue weighted by Crippen LogP contribution is -2.23. The second-order valence-corrected chi connectivity index (χ2v) is 4.15. The van der Waals surface area contributed by atoms with Gasteiger partial charge in [-0.2, -0.15) is 0 Å². The standard InChI is InChI=1S/C4H6BrNOS/c1-6-3(7)2-8-4(6)5/h4H,2H2,1H3. The Bertz CT molecular complexity index is 119. The first-order chi connectivity index (χ1) is 3.72. The van der Waals surface area contributed by atoms with Gasteiger partial charge in [0.15, 0.2) is 0 Å². The summed E-state index contributed by atoms with van der Waals surface area (Å²) >= 11 is 4.92. The van der Waals surface area contributed by atoms with Crippen LogP contribution >= 0.6 is 27.7 Å². The van der Waals surface area contributed by atoms with Gasteiger partial charge in [-0.1, -0.05) is 15.9 Å². The summed E-state index contributed by atoms with van der Waals surface area (Å²) in [5, 5.41) is 0. The molecule has 0 aromatic carbocycles. The first-order valence-corrected chi connectivity index (χ1v) is 4.19. The topological polar surface area (TPSA) is 20.3 Å². The number of halogens is 1. The molecule has 1 atom stereocenters. The zero-order chi connectivity index (χ0) is 6.15. The summed E-state index contributed by atoms with van der Waals surface area (Å²) in [5.74, 6) is 0.823. The first-order valence-electron chi connectivity index (χ1n) is 2.23. The van der Waals surface area contributed by atoms with Crippen molar-refractivity contribution < 1.29 is 4.79 Å². The van der Waals surface area contributed by atoms with Crippen LogP contribution in [0.5, 0.6) is 0 Å². The van der Waals surface area contributed by atoms with Crippen molar-refractivity contribution in [3.05, 3.63) is 0 Å². The smallest absolute Gasteiger partial charge is 0.233 e. The van der Waals surface area contributed by atoms with E-state index in [9.17, 15) is 4.79 Å². The Hall–Kier alpha value is 0.300. The van der Waals surface area contributed by atoms with Crippen molar-refractivity contribution in [2.24, 2.45) is 0 Å². The van der Waals surface area contributed by atoms with Crippen LogP contribution in [0.3, 0.4) is 0 Å². The molecule has 2 nitrogen and oxygen atoms in total. The van der Waals surface area contributed by atoms with E-state index in [0.29, 0.717) is 5.75 Å². The third-order valence-corrected chi connectivity index (χ3v) is 3.45. The zero-order valence-corrected chi connectivity index (χ0v) is 6.83. The average Bonchev–Trinajstić information content (AvgIpc) is 1.98. The lowest BCUT2D eigenvalue weighted by atomic mass is 10.6. The Morgan fingerprint density at radius 1 is 2.00 bits per heavy atom. The summed E-state index contributed by atoms with van der Waals surface area (Å²) in [6, 6.07) is 0. The number of carbonyl (C=O) groups is 1. The quantitative estimate of drug-likeness (QED) is 0.423. The van der Waals surface area contributed by atoms with E-state index in [1.165, 1.54) is 0 Å². The number of thioether (sulfide) groups is 1. The fourth-order valence-corrected chi connectivity index (χ4v) is 1.92. The highest BCUT2D eigenvalue weighted by molar-refractivity contribution is 9.11. The Kier molecular flexibility index (Phi) is 1.82. The van der Waals surface area contributed by atoms with Crippen LogP contribution in [0.4, 0.5) is 0 Å². The Balaban J connectivity index is 2.56. The highest BCUT2D eigenvalue weighted by Gasteiger charge is 2.25. The normalized spacial score (nSPS) is 29.5. The maximum Gasteiger partial charge on any atom is 0.233 e. The molecule has 0 aromatic heterocycles. The molecule has 0 spiro atoms. The number of carbonyl (C=O) groups excluding carboxylic acids is 1. The van der Waals surface area contributed by atoms with Crippen molar-refractivity contribution >= 4 is 33.6 Å². The molecule has 0 aliphatic carbocycles. The van der Waals surface area contributed by atoms with E-state index in [0.717, 1.165) is 0 Å². The van der Waals surface area contributed by atoms with Crippen molar-refractivity contribution in [2.45, 2.75) is 4.28 Å². The summed E-state index contributed by atoms with van der Waals surface area (Å²) in [7, 11) is 1.79. The molecule has 4 heteroatoms. The fraction of sp³-hybridized carbons (Fsp3) is 0.750. The molecular weight excluding hydrogens is 190 g/mol. The molecule has 1 saturated heterocycles. The summed E-state index contributed by atoms with van der Waals surface area (Å²) in [4.78, 5) is 12.3. The molecule has 0 N–H and O–H groups in total. The summed E-state index contributed by atoms with van der Waals surface area (Å²) in [6.07, 6.45) is 0. The number of rotatable bonds is 0. The molecule has 0 saturated carbocycles. The predicted molar refractivity (Wildman–Crippen MR) is 37.9 cm³/mol. The van der Waals surface area contributed by atoms with Crippen LogP contribution < -0.4 is 0 Å². The Morgan fingerprint density at radius 2 is 2.62 bits per heavy atom. The molecule has 1 unspecified atom stereocenters. The molecule has 1 amide bonds. The molecule has 0 bridgehead atoms. The van der Waals surface area contributed by atoms with Gasteiger partial charge in [0, 0.05) is 7.05 Å². The van der Waals surface area contributed by atoms with Gasteiger partial charge in [-0.25, -0.2) is 0 Å². The maximum absolute atomic E-state index is 10.7. The maximum atomic E-state index is 10.7. The average molecular weight is 196 g/mol. The Labute approximate surface area is 60.7 Å². The van der Waals surface area contributed by atoms with Crippen LogP contribution in [-0.2, 0) is 4.79 Å². The van der Waals surface area contributed by atoms with Gasteiger partial charge < -0.3 is 4.90 Å². The monoisotopic (exact) mass is 195 g/mol. The van der Waals surface area contributed by atoms with Gasteiger partial charge in [-0.3, -0.25) is 4.79 Å². The molecule has 0 radical (unpaired) electrons.